The second kappa shape index (κ2) is 3.71. The Labute approximate surface area is 91.0 Å². The molecule has 0 spiro atoms. The van der Waals surface area contributed by atoms with E-state index in [0.717, 1.165) is 10.2 Å². The minimum Gasteiger partial charge on any atom is -0.326 e. The molecule has 4 heteroatoms. The molecule has 74 valence electrons. The van der Waals surface area contributed by atoms with Gasteiger partial charge < -0.3 is 10.6 Å². The maximum atomic E-state index is 11.5. The highest BCUT2D eigenvalue weighted by Crippen LogP contribution is 2.22. The molecule has 0 saturated carbocycles. The minimum absolute atomic E-state index is 0.0221. The number of hydrogen-bond donors (Lipinski definition) is 1. The van der Waals surface area contributed by atoms with Crippen LogP contribution in [0, 0.1) is 0 Å². The van der Waals surface area contributed by atoms with Crippen molar-refractivity contribution in [1.82, 2.24) is 0 Å². The molecule has 0 unspecified atom stereocenters. The summed E-state index contributed by atoms with van der Waals surface area (Å²) in [6.45, 7) is 0.625. The van der Waals surface area contributed by atoms with Crippen LogP contribution in [0.5, 0.6) is 0 Å². The van der Waals surface area contributed by atoms with Crippen LogP contribution in [-0.4, -0.2) is 18.5 Å². The summed E-state index contributed by atoms with van der Waals surface area (Å²) in [7, 11) is 0. The van der Waals surface area contributed by atoms with E-state index in [1.807, 2.05) is 24.3 Å². The van der Waals surface area contributed by atoms with Crippen LogP contribution in [-0.2, 0) is 4.79 Å². The zero-order chi connectivity index (χ0) is 10.1. The van der Waals surface area contributed by atoms with Crippen molar-refractivity contribution in [2.75, 3.05) is 11.4 Å². The van der Waals surface area contributed by atoms with Gasteiger partial charge in [0.25, 0.3) is 0 Å². The highest BCUT2D eigenvalue weighted by molar-refractivity contribution is 9.10. The van der Waals surface area contributed by atoms with E-state index in [-0.39, 0.29) is 11.9 Å². The number of nitrogens with two attached hydrogens (primary N) is 1. The van der Waals surface area contributed by atoms with E-state index < -0.39 is 0 Å². The van der Waals surface area contributed by atoms with Crippen LogP contribution in [0.1, 0.15) is 6.42 Å². The molecule has 1 saturated heterocycles. The quantitative estimate of drug-likeness (QED) is 0.826. The smallest absolute Gasteiger partial charge is 0.228 e. The van der Waals surface area contributed by atoms with Gasteiger partial charge in [0.1, 0.15) is 0 Å². The molecule has 1 aromatic carbocycles. The Morgan fingerprint density at radius 2 is 2.00 bits per heavy atom. The molecule has 0 aliphatic carbocycles. The zero-order valence-electron chi connectivity index (χ0n) is 7.61. The van der Waals surface area contributed by atoms with Gasteiger partial charge in [0.15, 0.2) is 0 Å². The van der Waals surface area contributed by atoms with Crippen molar-refractivity contribution in [2.24, 2.45) is 5.73 Å². The van der Waals surface area contributed by atoms with Crippen molar-refractivity contribution < 1.29 is 4.79 Å². The topological polar surface area (TPSA) is 46.3 Å². The molecule has 14 heavy (non-hydrogen) atoms. The van der Waals surface area contributed by atoms with Gasteiger partial charge in [-0.3, -0.25) is 4.79 Å². The molecule has 1 atom stereocenters. The first-order chi connectivity index (χ1) is 6.66. The van der Waals surface area contributed by atoms with Gasteiger partial charge in [-0.25, -0.2) is 0 Å². The van der Waals surface area contributed by atoms with Crippen LogP contribution in [0.4, 0.5) is 5.69 Å². The number of anilines is 1. The number of hydrogen-bond acceptors (Lipinski definition) is 2. The fourth-order valence-electron chi connectivity index (χ4n) is 1.61. The second-order valence-corrected chi connectivity index (χ2v) is 4.36. The molecule has 2 rings (SSSR count). The maximum absolute atomic E-state index is 11.5. The van der Waals surface area contributed by atoms with Gasteiger partial charge in [-0.15, -0.1) is 0 Å². The lowest BCUT2D eigenvalue weighted by atomic mass is 10.3. The van der Waals surface area contributed by atoms with Crippen molar-refractivity contribution in [3.8, 4) is 0 Å². The first-order valence-electron chi connectivity index (χ1n) is 4.48. The average molecular weight is 255 g/mol. The Morgan fingerprint density at radius 1 is 1.36 bits per heavy atom. The fraction of sp³-hybridized carbons (Fsp3) is 0.300. The molecular formula is C10H11BrN2O. The Kier molecular flexibility index (Phi) is 2.56. The van der Waals surface area contributed by atoms with Crippen LogP contribution in [0.25, 0.3) is 0 Å². The van der Waals surface area contributed by atoms with Crippen molar-refractivity contribution in [2.45, 2.75) is 12.5 Å². The third-order valence-electron chi connectivity index (χ3n) is 2.29. The molecule has 3 nitrogen and oxygen atoms in total. The highest BCUT2D eigenvalue weighted by atomic mass is 79.9. The van der Waals surface area contributed by atoms with Gasteiger partial charge in [0, 0.05) is 29.2 Å². The van der Waals surface area contributed by atoms with Gasteiger partial charge in [0.05, 0.1) is 0 Å². The van der Waals surface area contributed by atoms with Crippen molar-refractivity contribution >= 4 is 27.5 Å². The Balaban J connectivity index is 2.23. The van der Waals surface area contributed by atoms with E-state index in [0.29, 0.717) is 13.0 Å². The molecule has 1 amide bonds. The molecular weight excluding hydrogens is 244 g/mol. The first kappa shape index (κ1) is 9.68. The molecule has 0 bridgehead atoms. The summed E-state index contributed by atoms with van der Waals surface area (Å²) in [4.78, 5) is 13.2. The first-order valence-corrected chi connectivity index (χ1v) is 5.27. The summed E-state index contributed by atoms with van der Waals surface area (Å²) < 4.78 is 1.01. The van der Waals surface area contributed by atoms with E-state index in [2.05, 4.69) is 15.9 Å². The summed E-state index contributed by atoms with van der Waals surface area (Å²) in [5.41, 5.74) is 6.63. The Morgan fingerprint density at radius 3 is 2.50 bits per heavy atom. The lowest BCUT2D eigenvalue weighted by Crippen LogP contribution is -2.27. The molecule has 0 radical (unpaired) electrons. The van der Waals surface area contributed by atoms with Gasteiger partial charge >= 0.3 is 0 Å². The average Bonchev–Trinajstić information content (AvgIpc) is 2.47. The van der Waals surface area contributed by atoms with Crippen LogP contribution >= 0.6 is 15.9 Å². The van der Waals surface area contributed by atoms with E-state index in [1.54, 1.807) is 4.90 Å². The van der Waals surface area contributed by atoms with Crippen molar-refractivity contribution in [3.63, 3.8) is 0 Å². The number of benzene rings is 1. The third-order valence-corrected chi connectivity index (χ3v) is 2.82. The third kappa shape index (κ3) is 1.81. The standard InChI is InChI=1S/C10H11BrN2O/c11-7-1-3-9(4-2-7)13-6-8(12)5-10(13)14/h1-4,8H,5-6,12H2/t8-/m1/s1. The zero-order valence-corrected chi connectivity index (χ0v) is 9.20. The van der Waals surface area contributed by atoms with E-state index in [4.69, 9.17) is 5.73 Å². The highest BCUT2D eigenvalue weighted by Gasteiger charge is 2.27. The van der Waals surface area contributed by atoms with Gasteiger partial charge in [0.2, 0.25) is 5.91 Å². The number of rotatable bonds is 1. The van der Waals surface area contributed by atoms with E-state index >= 15 is 0 Å². The molecule has 2 N–H and O–H groups in total. The SMILES string of the molecule is N[C@@H]1CC(=O)N(c2ccc(Br)cc2)C1. The summed E-state index contributed by atoms with van der Waals surface area (Å²) in [6, 6.07) is 7.66. The largest absolute Gasteiger partial charge is 0.326 e. The number of halogens is 1. The van der Waals surface area contributed by atoms with Crippen LogP contribution in [0.3, 0.4) is 0 Å². The minimum atomic E-state index is -0.0221. The van der Waals surface area contributed by atoms with Gasteiger partial charge in [-0.2, -0.15) is 0 Å². The summed E-state index contributed by atoms with van der Waals surface area (Å²) in [5, 5.41) is 0. The number of amides is 1. The monoisotopic (exact) mass is 254 g/mol. The normalized spacial score (nSPS) is 21.7. The number of nitrogens with zero attached hydrogens (tertiary/aromatic N) is 1. The Hall–Kier alpha value is -0.870. The van der Waals surface area contributed by atoms with E-state index in [9.17, 15) is 4.79 Å². The van der Waals surface area contributed by atoms with Crippen molar-refractivity contribution in [1.29, 1.82) is 0 Å². The number of carbonyl (C=O) groups is 1. The fourth-order valence-corrected chi connectivity index (χ4v) is 1.87. The number of carbonyl (C=O) groups excluding carboxylic acids is 1. The summed E-state index contributed by atoms with van der Waals surface area (Å²) in [6.07, 6.45) is 0.454. The molecule has 1 aliphatic rings. The molecule has 1 aromatic rings. The Bertz CT molecular complexity index is 350. The molecule has 0 aromatic heterocycles. The van der Waals surface area contributed by atoms with Crippen LogP contribution in [0.2, 0.25) is 0 Å². The summed E-state index contributed by atoms with van der Waals surface area (Å²) >= 11 is 3.35. The van der Waals surface area contributed by atoms with Gasteiger partial charge in [-0.05, 0) is 24.3 Å². The predicted molar refractivity (Wildman–Crippen MR) is 59.1 cm³/mol. The van der Waals surface area contributed by atoms with Crippen LogP contribution in [0.15, 0.2) is 28.7 Å². The second-order valence-electron chi connectivity index (χ2n) is 3.44. The van der Waals surface area contributed by atoms with Gasteiger partial charge in [-0.1, -0.05) is 15.9 Å². The lowest BCUT2D eigenvalue weighted by Gasteiger charge is -2.15. The lowest BCUT2D eigenvalue weighted by molar-refractivity contribution is -0.117. The molecule has 1 fully saturated rings. The van der Waals surface area contributed by atoms with Crippen LogP contribution < -0.4 is 10.6 Å². The maximum Gasteiger partial charge on any atom is 0.228 e. The molecule has 1 heterocycles. The molecule has 1 aliphatic heterocycles. The predicted octanol–water partition coefficient (Wildman–Crippen LogP) is 1.51. The van der Waals surface area contributed by atoms with E-state index in [1.165, 1.54) is 0 Å². The van der Waals surface area contributed by atoms with Crippen molar-refractivity contribution in [3.05, 3.63) is 28.7 Å². The summed E-state index contributed by atoms with van der Waals surface area (Å²) in [5.74, 6) is 0.111.